The predicted molar refractivity (Wildman–Crippen MR) is 103 cm³/mol. The summed E-state index contributed by atoms with van der Waals surface area (Å²) in [7, 11) is 0. The lowest BCUT2D eigenvalue weighted by Gasteiger charge is -2.27. The van der Waals surface area contributed by atoms with E-state index in [4.69, 9.17) is 9.47 Å². The number of hydrogen-bond donors (Lipinski definition) is 0. The first kappa shape index (κ1) is 20.9. The first-order valence-corrected chi connectivity index (χ1v) is 9.78. The van der Waals surface area contributed by atoms with Gasteiger partial charge in [-0.2, -0.15) is 0 Å². The van der Waals surface area contributed by atoms with Gasteiger partial charge in [0.05, 0.1) is 17.6 Å². The first-order valence-electron chi connectivity index (χ1n) is 9.78. The topological polar surface area (TPSA) is 55.9 Å². The number of esters is 1. The molecule has 0 saturated carbocycles. The summed E-state index contributed by atoms with van der Waals surface area (Å²) in [5, 5.41) is 0. The number of ketones is 1. The van der Waals surface area contributed by atoms with Gasteiger partial charge in [-0.3, -0.25) is 9.59 Å². The third kappa shape index (κ3) is 5.06. The molecule has 5 atom stereocenters. The fourth-order valence-corrected chi connectivity index (χ4v) is 4.01. The Labute approximate surface area is 158 Å². The minimum Gasteiger partial charge on any atom is -0.458 e. The molecule has 2 rings (SSSR count). The second kappa shape index (κ2) is 8.08. The highest BCUT2D eigenvalue weighted by Crippen LogP contribution is 2.46. The Bertz CT molecular complexity index is 603. The van der Waals surface area contributed by atoms with Gasteiger partial charge < -0.3 is 9.47 Å². The predicted octanol–water partition coefficient (Wildman–Crippen LogP) is 4.63. The summed E-state index contributed by atoms with van der Waals surface area (Å²) in [5.41, 5.74) is 1.58. The van der Waals surface area contributed by atoms with Crippen LogP contribution in [0.25, 0.3) is 0 Å². The van der Waals surface area contributed by atoms with E-state index in [0.717, 1.165) is 24.0 Å². The second-order valence-corrected chi connectivity index (χ2v) is 8.72. The van der Waals surface area contributed by atoms with Crippen LogP contribution in [0.15, 0.2) is 23.8 Å². The second-order valence-electron chi connectivity index (χ2n) is 8.72. The maximum absolute atomic E-state index is 12.9. The van der Waals surface area contributed by atoms with Crippen LogP contribution >= 0.6 is 0 Å². The van der Waals surface area contributed by atoms with Gasteiger partial charge in [0.15, 0.2) is 0 Å². The summed E-state index contributed by atoms with van der Waals surface area (Å²) < 4.78 is 11.7. The lowest BCUT2D eigenvalue weighted by atomic mass is 9.81. The molecule has 1 aliphatic carbocycles. The number of Topliss-reactive ketones (excluding diaryl/α,β-unsaturated/α-hetero) is 1. The Morgan fingerprint density at radius 2 is 2.00 bits per heavy atom. The van der Waals surface area contributed by atoms with E-state index in [1.54, 1.807) is 0 Å². The molecule has 1 fully saturated rings. The molecule has 1 heterocycles. The zero-order valence-electron chi connectivity index (χ0n) is 17.1. The molecule has 0 radical (unpaired) electrons. The van der Waals surface area contributed by atoms with Gasteiger partial charge in [0, 0.05) is 19.8 Å². The maximum atomic E-state index is 12.9. The van der Waals surface area contributed by atoms with Crippen molar-refractivity contribution >= 4 is 11.8 Å². The zero-order valence-corrected chi connectivity index (χ0v) is 17.1. The molecule has 0 spiro atoms. The number of rotatable bonds is 3. The van der Waals surface area contributed by atoms with Crippen molar-refractivity contribution < 1.29 is 19.1 Å². The molecule has 146 valence electrons. The third-order valence-corrected chi connectivity index (χ3v) is 5.68. The summed E-state index contributed by atoms with van der Waals surface area (Å²) in [6.45, 7) is 15.8. The summed E-state index contributed by atoms with van der Waals surface area (Å²) in [5.74, 6) is 0.0645. The van der Waals surface area contributed by atoms with Crippen molar-refractivity contribution in [1.82, 2.24) is 0 Å². The molecule has 1 unspecified atom stereocenters. The molecule has 4 heteroatoms. The van der Waals surface area contributed by atoms with Crippen LogP contribution in [0.2, 0.25) is 0 Å². The van der Waals surface area contributed by atoms with Gasteiger partial charge in [0.25, 0.3) is 0 Å². The van der Waals surface area contributed by atoms with E-state index in [0.29, 0.717) is 18.8 Å². The normalized spacial score (nSPS) is 37.7. The number of hydrogen-bond acceptors (Lipinski definition) is 4. The van der Waals surface area contributed by atoms with Gasteiger partial charge in [-0.25, -0.2) is 0 Å². The molecule has 0 aromatic rings. The molecule has 1 aliphatic heterocycles. The van der Waals surface area contributed by atoms with Gasteiger partial charge >= 0.3 is 5.97 Å². The third-order valence-electron chi connectivity index (χ3n) is 5.68. The molecular weight excluding hydrogens is 328 g/mol. The number of fused-ring (bicyclic) bond motifs is 1. The van der Waals surface area contributed by atoms with Crippen molar-refractivity contribution in [2.45, 2.75) is 85.0 Å². The Morgan fingerprint density at radius 1 is 1.35 bits per heavy atom. The standard InChI is InChI=1S/C22H34O4/c1-13(2)17-11-18(14(3)4)20(25-16(6)23)12-22(7)21(26-22)9-8-15(5)10-19(17)24/h11,14-15,17,20-21H,1,8-10,12H2,2-7H3/b18-11-/t15-,17?,20+,21+,22+/m0/s1. The van der Waals surface area contributed by atoms with Gasteiger partial charge in [-0.05, 0) is 44.1 Å². The van der Waals surface area contributed by atoms with Gasteiger partial charge in [-0.1, -0.05) is 39.0 Å². The number of epoxide rings is 1. The smallest absolute Gasteiger partial charge is 0.303 e. The first-order chi connectivity index (χ1) is 12.0. The van der Waals surface area contributed by atoms with E-state index in [2.05, 4.69) is 34.3 Å². The van der Waals surface area contributed by atoms with Crippen molar-refractivity contribution in [3.05, 3.63) is 23.8 Å². The number of ether oxygens (including phenoxy) is 2. The van der Waals surface area contributed by atoms with E-state index in [9.17, 15) is 9.59 Å². The van der Waals surface area contributed by atoms with Crippen LogP contribution in [0, 0.1) is 17.8 Å². The van der Waals surface area contributed by atoms with E-state index >= 15 is 0 Å². The van der Waals surface area contributed by atoms with Crippen molar-refractivity contribution in [3.63, 3.8) is 0 Å². The van der Waals surface area contributed by atoms with E-state index in [1.807, 2.05) is 13.0 Å². The quantitative estimate of drug-likeness (QED) is 0.417. The minimum absolute atomic E-state index is 0.162. The summed E-state index contributed by atoms with van der Waals surface area (Å²) in [6.07, 6.45) is 4.90. The highest BCUT2D eigenvalue weighted by atomic mass is 16.6. The fourth-order valence-electron chi connectivity index (χ4n) is 4.01. The van der Waals surface area contributed by atoms with E-state index in [-0.39, 0.29) is 41.4 Å². The monoisotopic (exact) mass is 362 g/mol. The van der Waals surface area contributed by atoms with Crippen LogP contribution in [0.5, 0.6) is 0 Å². The van der Waals surface area contributed by atoms with Gasteiger partial charge in [0.1, 0.15) is 11.9 Å². The molecule has 0 aromatic carbocycles. The van der Waals surface area contributed by atoms with E-state index in [1.165, 1.54) is 6.92 Å². The highest BCUT2D eigenvalue weighted by Gasteiger charge is 2.53. The van der Waals surface area contributed by atoms with Crippen LogP contribution < -0.4 is 0 Å². The van der Waals surface area contributed by atoms with Crippen LogP contribution in [0.4, 0.5) is 0 Å². The average Bonchev–Trinajstić information content (AvgIpc) is 3.12. The average molecular weight is 363 g/mol. The molecule has 4 nitrogen and oxygen atoms in total. The summed E-state index contributed by atoms with van der Waals surface area (Å²) >= 11 is 0. The molecule has 1 saturated heterocycles. The van der Waals surface area contributed by atoms with Crippen molar-refractivity contribution in [3.8, 4) is 0 Å². The number of carbonyl (C=O) groups is 2. The maximum Gasteiger partial charge on any atom is 0.303 e. The fraction of sp³-hybridized carbons (Fsp3) is 0.727. The minimum atomic E-state index is -0.367. The molecular formula is C22H34O4. The number of allylic oxidation sites excluding steroid dienone is 2. The lowest BCUT2D eigenvalue weighted by Crippen LogP contribution is -2.30. The summed E-state index contributed by atoms with van der Waals surface area (Å²) in [4.78, 5) is 24.6. The SMILES string of the molecule is C=C(C)C1/C=C(/C(C)C)[C@H](OC(C)=O)C[C@@]2(C)O[C@@H]2CC[C@H](C)CC1=O. The Hall–Kier alpha value is -1.42. The Balaban J connectivity index is 2.45. The molecule has 0 bridgehead atoms. The Kier molecular flexibility index (Phi) is 6.49. The molecule has 0 aromatic heterocycles. The van der Waals surface area contributed by atoms with Gasteiger partial charge in [0.2, 0.25) is 0 Å². The molecule has 0 N–H and O–H groups in total. The Morgan fingerprint density at radius 3 is 2.54 bits per heavy atom. The molecule has 0 amide bonds. The zero-order chi connectivity index (χ0) is 19.6. The molecule has 26 heavy (non-hydrogen) atoms. The largest absolute Gasteiger partial charge is 0.458 e. The van der Waals surface area contributed by atoms with E-state index < -0.39 is 0 Å². The highest BCUT2D eigenvalue weighted by molar-refractivity contribution is 5.85. The van der Waals surface area contributed by atoms with Crippen molar-refractivity contribution in [2.24, 2.45) is 17.8 Å². The summed E-state index contributed by atoms with van der Waals surface area (Å²) in [6, 6.07) is 0. The van der Waals surface area contributed by atoms with Crippen molar-refractivity contribution in [1.29, 1.82) is 0 Å². The van der Waals surface area contributed by atoms with Crippen molar-refractivity contribution in [2.75, 3.05) is 0 Å². The van der Waals surface area contributed by atoms with Crippen LogP contribution in [-0.4, -0.2) is 29.6 Å². The number of carbonyl (C=O) groups excluding carboxylic acids is 2. The lowest BCUT2D eigenvalue weighted by molar-refractivity contribution is -0.145. The van der Waals surface area contributed by atoms with Crippen LogP contribution in [0.3, 0.4) is 0 Å². The molecule has 2 aliphatic rings. The van der Waals surface area contributed by atoms with Crippen LogP contribution in [-0.2, 0) is 19.1 Å². The van der Waals surface area contributed by atoms with Gasteiger partial charge in [-0.15, -0.1) is 0 Å². The van der Waals surface area contributed by atoms with Crippen LogP contribution in [0.1, 0.15) is 67.2 Å².